The Morgan fingerprint density at radius 3 is 1.48 bits per heavy atom. The van der Waals surface area contributed by atoms with Crippen LogP contribution in [0.3, 0.4) is 0 Å². The monoisotopic (exact) mass is 381 g/mol. The Balaban J connectivity index is 1.83. The second kappa shape index (κ2) is 8.27. The van der Waals surface area contributed by atoms with Gasteiger partial charge in [-0.15, -0.1) is 0 Å². The van der Waals surface area contributed by atoms with E-state index in [0.717, 1.165) is 22.3 Å². The van der Waals surface area contributed by atoms with Crippen molar-refractivity contribution < 1.29 is 14.7 Å². The van der Waals surface area contributed by atoms with E-state index in [-0.39, 0.29) is 12.2 Å². The van der Waals surface area contributed by atoms with Gasteiger partial charge in [-0.2, -0.15) is 0 Å². The van der Waals surface area contributed by atoms with Crippen LogP contribution in [0.25, 0.3) is 11.1 Å². The molecular weight excluding hydrogens is 360 g/mol. The van der Waals surface area contributed by atoms with Gasteiger partial charge < -0.3 is 9.90 Å². The number of carbonyl (C=O) groups excluding carboxylic acids is 2. The van der Waals surface area contributed by atoms with Crippen LogP contribution in [0.4, 0.5) is 0 Å². The molecule has 0 aromatic heterocycles. The molecule has 29 heavy (non-hydrogen) atoms. The van der Waals surface area contributed by atoms with E-state index < -0.39 is 17.8 Å². The fourth-order valence-electron chi connectivity index (χ4n) is 4.17. The van der Waals surface area contributed by atoms with Gasteiger partial charge in [-0.05, 0) is 35.1 Å². The maximum absolute atomic E-state index is 13.2. The normalized spacial score (nSPS) is 19.0. The van der Waals surface area contributed by atoms with Gasteiger partial charge >= 0.3 is 0 Å². The summed E-state index contributed by atoms with van der Waals surface area (Å²) in [6.07, 6.45) is 0.653. The van der Waals surface area contributed by atoms with Crippen molar-refractivity contribution in [1.29, 1.82) is 0 Å². The second-order valence-corrected chi connectivity index (χ2v) is 7.36. The van der Waals surface area contributed by atoms with Crippen LogP contribution in [-0.2, 0) is 4.79 Å². The third kappa shape index (κ3) is 3.90. The van der Waals surface area contributed by atoms with Gasteiger partial charge in [-0.3, -0.25) is 4.79 Å². The van der Waals surface area contributed by atoms with Crippen LogP contribution in [0.5, 0.6) is 0 Å². The third-order valence-electron chi connectivity index (χ3n) is 5.64. The first-order valence-corrected chi connectivity index (χ1v) is 9.78. The molecule has 0 fully saturated rings. The molecule has 0 saturated heterocycles. The second-order valence-electron chi connectivity index (χ2n) is 7.36. The van der Waals surface area contributed by atoms with Crippen LogP contribution in [0.15, 0.2) is 91.0 Å². The molecule has 2 atom stereocenters. The molecule has 0 unspecified atom stereocenters. The lowest BCUT2D eigenvalue weighted by molar-refractivity contribution is -0.312. The molecule has 0 spiro atoms. The summed E-state index contributed by atoms with van der Waals surface area (Å²) in [5.41, 5.74) is 4.56. The van der Waals surface area contributed by atoms with E-state index in [1.807, 2.05) is 66.7 Å². The number of benzene rings is 3. The predicted molar refractivity (Wildman–Crippen MR) is 112 cm³/mol. The summed E-state index contributed by atoms with van der Waals surface area (Å²) in [7, 11) is 0. The van der Waals surface area contributed by atoms with Crippen LogP contribution >= 0.6 is 0 Å². The standard InChI is InChI=1S/C26H22O3/c27-25(20-14-8-3-9-15-20)23-16-21(18-10-4-1-5-11-18)22(17-24(23)26(28)29)19-12-6-2-7-13-19/h1-15,23-24H,16-17H2,(H,28,29)/p-1/t23-,24+/m1/s1. The summed E-state index contributed by atoms with van der Waals surface area (Å²) in [6.45, 7) is 0. The molecule has 3 nitrogen and oxygen atoms in total. The topological polar surface area (TPSA) is 57.2 Å². The summed E-state index contributed by atoms with van der Waals surface area (Å²) in [4.78, 5) is 25.3. The van der Waals surface area contributed by atoms with Gasteiger partial charge in [-0.1, -0.05) is 91.0 Å². The molecule has 3 heteroatoms. The van der Waals surface area contributed by atoms with Crippen molar-refractivity contribution in [2.45, 2.75) is 12.8 Å². The summed E-state index contributed by atoms with van der Waals surface area (Å²) in [6, 6.07) is 28.6. The Kier molecular flexibility index (Phi) is 5.39. The minimum Gasteiger partial charge on any atom is -0.550 e. The molecule has 0 bridgehead atoms. The lowest BCUT2D eigenvalue weighted by Crippen LogP contribution is -2.41. The van der Waals surface area contributed by atoms with Crippen LogP contribution in [0, 0.1) is 11.8 Å². The summed E-state index contributed by atoms with van der Waals surface area (Å²) in [5, 5.41) is 12.0. The highest BCUT2D eigenvalue weighted by Gasteiger charge is 2.36. The van der Waals surface area contributed by atoms with Crippen LogP contribution in [-0.4, -0.2) is 11.8 Å². The number of rotatable bonds is 5. The maximum Gasteiger partial charge on any atom is 0.166 e. The maximum atomic E-state index is 13.2. The number of carboxylic acid groups (broad SMARTS) is 1. The third-order valence-corrected chi connectivity index (χ3v) is 5.64. The molecule has 4 rings (SSSR count). The minimum atomic E-state index is -1.17. The Bertz CT molecular complexity index is 1040. The zero-order valence-corrected chi connectivity index (χ0v) is 16.0. The number of carboxylic acids is 1. The van der Waals surface area contributed by atoms with E-state index in [0.29, 0.717) is 12.0 Å². The molecule has 3 aromatic carbocycles. The molecule has 0 heterocycles. The summed E-state index contributed by atoms with van der Waals surface area (Å²) in [5.74, 6) is -2.81. The van der Waals surface area contributed by atoms with Gasteiger partial charge in [0.1, 0.15) is 0 Å². The van der Waals surface area contributed by atoms with Gasteiger partial charge in [0.05, 0.1) is 0 Å². The van der Waals surface area contributed by atoms with Crippen LogP contribution < -0.4 is 5.11 Å². The van der Waals surface area contributed by atoms with Gasteiger partial charge in [0.2, 0.25) is 0 Å². The van der Waals surface area contributed by atoms with Gasteiger partial charge in [0.15, 0.2) is 5.78 Å². The average molecular weight is 381 g/mol. The lowest BCUT2D eigenvalue weighted by atomic mass is 9.70. The van der Waals surface area contributed by atoms with Gasteiger partial charge in [-0.25, -0.2) is 0 Å². The zero-order chi connectivity index (χ0) is 20.2. The first-order chi connectivity index (χ1) is 14.1. The van der Waals surface area contributed by atoms with Gasteiger partial charge in [0.25, 0.3) is 0 Å². The molecule has 0 N–H and O–H groups in total. The fraction of sp³-hybridized carbons (Fsp3) is 0.154. The van der Waals surface area contributed by atoms with E-state index in [1.54, 1.807) is 24.3 Å². The van der Waals surface area contributed by atoms with E-state index >= 15 is 0 Å². The SMILES string of the molecule is O=C([O-])[C@H]1CC(c2ccccc2)=C(c2ccccc2)C[C@H]1C(=O)c1ccccc1. The number of hydrogen-bond donors (Lipinski definition) is 0. The summed E-state index contributed by atoms with van der Waals surface area (Å²) < 4.78 is 0. The van der Waals surface area contributed by atoms with Crippen molar-refractivity contribution in [2.24, 2.45) is 11.8 Å². The molecule has 1 aliphatic carbocycles. The summed E-state index contributed by atoms with van der Waals surface area (Å²) >= 11 is 0. The van der Waals surface area contributed by atoms with Crippen molar-refractivity contribution >= 4 is 22.9 Å². The molecule has 1 aliphatic rings. The molecule has 144 valence electrons. The minimum absolute atomic E-state index is 0.139. The van der Waals surface area contributed by atoms with E-state index in [9.17, 15) is 14.7 Å². The Labute approximate surface area is 170 Å². The molecular formula is C26H21O3-. The van der Waals surface area contributed by atoms with Crippen molar-refractivity contribution in [3.63, 3.8) is 0 Å². The first kappa shape index (κ1) is 18.9. The van der Waals surface area contributed by atoms with E-state index in [4.69, 9.17) is 0 Å². The van der Waals surface area contributed by atoms with E-state index in [2.05, 4.69) is 0 Å². The molecule has 0 saturated carbocycles. The highest BCUT2D eigenvalue weighted by Crippen LogP contribution is 2.44. The highest BCUT2D eigenvalue weighted by molar-refractivity contribution is 6.04. The van der Waals surface area contributed by atoms with E-state index in [1.165, 1.54) is 0 Å². The number of hydrogen-bond acceptors (Lipinski definition) is 3. The van der Waals surface area contributed by atoms with Crippen molar-refractivity contribution in [1.82, 2.24) is 0 Å². The van der Waals surface area contributed by atoms with Gasteiger partial charge in [0, 0.05) is 23.4 Å². The number of aliphatic carboxylic acids is 1. The smallest absolute Gasteiger partial charge is 0.166 e. The average Bonchev–Trinajstić information content (AvgIpc) is 2.79. The molecule has 0 amide bonds. The highest BCUT2D eigenvalue weighted by atomic mass is 16.4. The largest absolute Gasteiger partial charge is 0.550 e. The number of allylic oxidation sites excluding steroid dienone is 2. The fourth-order valence-corrected chi connectivity index (χ4v) is 4.17. The Hall–Kier alpha value is -3.46. The first-order valence-electron chi connectivity index (χ1n) is 9.78. The molecule has 0 aliphatic heterocycles. The van der Waals surface area contributed by atoms with Crippen molar-refractivity contribution in [3.05, 3.63) is 108 Å². The molecule has 0 radical (unpaired) electrons. The molecule has 3 aromatic rings. The quantitative estimate of drug-likeness (QED) is 0.621. The number of carbonyl (C=O) groups is 2. The lowest BCUT2D eigenvalue weighted by Gasteiger charge is -2.35. The van der Waals surface area contributed by atoms with Crippen molar-refractivity contribution in [2.75, 3.05) is 0 Å². The predicted octanol–water partition coefficient (Wildman–Crippen LogP) is 4.26. The van der Waals surface area contributed by atoms with Crippen LogP contribution in [0.1, 0.15) is 34.3 Å². The number of ketones is 1. The number of Topliss-reactive ketones (excluding diaryl/α,β-unsaturated/α-hetero) is 1. The zero-order valence-electron chi connectivity index (χ0n) is 16.0. The van der Waals surface area contributed by atoms with Crippen LogP contribution in [0.2, 0.25) is 0 Å². The Morgan fingerprint density at radius 1 is 0.621 bits per heavy atom. The van der Waals surface area contributed by atoms with Crippen molar-refractivity contribution in [3.8, 4) is 0 Å². The Morgan fingerprint density at radius 2 is 1.03 bits per heavy atom.